The first-order chi connectivity index (χ1) is 37.7. The summed E-state index contributed by atoms with van der Waals surface area (Å²) in [5.41, 5.74) is -1.34. The smallest absolute Gasteiger partial charge is 0.393 e. The van der Waals surface area contributed by atoms with Gasteiger partial charge in [-0.25, -0.2) is 21.6 Å². The first-order valence-electron chi connectivity index (χ1n) is 25.1. The number of likely N-dealkylation sites (tertiary alicyclic amines) is 1. The van der Waals surface area contributed by atoms with Gasteiger partial charge < -0.3 is 53.3 Å². The van der Waals surface area contributed by atoms with Crippen LogP contribution < -0.4 is 35.4 Å². The third-order valence-corrected chi connectivity index (χ3v) is 17.4. The van der Waals surface area contributed by atoms with Gasteiger partial charge in [0.05, 0.1) is 38.9 Å². The van der Waals surface area contributed by atoms with Crippen LogP contribution in [0.15, 0.2) is 64.6 Å². The fourth-order valence-corrected chi connectivity index (χ4v) is 12.5. The molecular weight excluding hydrogens is 1080 g/mol. The first-order valence-corrected chi connectivity index (χ1v) is 28.2. The van der Waals surface area contributed by atoms with Gasteiger partial charge in [-0.2, -0.15) is 9.97 Å². The number of carboxylic acid groups (broad SMARTS) is 1. The van der Waals surface area contributed by atoms with Crippen LogP contribution in [0.4, 0.5) is 0 Å². The molecule has 2 aliphatic heterocycles. The molecule has 4 aromatic heterocycles. The van der Waals surface area contributed by atoms with E-state index in [1.54, 1.807) is 43.3 Å². The van der Waals surface area contributed by atoms with Gasteiger partial charge in [0.2, 0.25) is 23.5 Å². The summed E-state index contributed by atoms with van der Waals surface area (Å²) in [6, 6.07) is 9.93. The second kappa shape index (κ2) is 26.6. The molecule has 4 N–H and O–H groups in total. The van der Waals surface area contributed by atoms with Crippen LogP contribution in [-0.4, -0.2) is 154 Å². The maximum atomic E-state index is 13.9. The average molecular weight is 1140 g/mol. The van der Waals surface area contributed by atoms with Gasteiger partial charge in [0.1, 0.15) is 46.0 Å². The summed E-state index contributed by atoms with van der Waals surface area (Å²) >= 11 is 0. The molecule has 8 rings (SSSR count). The number of ether oxygens (including phenoxy) is 4. The number of piperidine rings is 2. The molecular formula is C50H64N10O17S2. The van der Waals surface area contributed by atoms with Gasteiger partial charge in [-0.05, 0) is 75.9 Å². The van der Waals surface area contributed by atoms with E-state index >= 15 is 0 Å². The Morgan fingerprint density at radius 2 is 1.01 bits per heavy atom. The summed E-state index contributed by atoms with van der Waals surface area (Å²) in [7, 11) is -2.70. The largest absolute Gasteiger partial charge is 0.494 e. The minimum atomic E-state index is -4.36. The Balaban J connectivity index is 0.000000224. The number of benzene rings is 2. The SMILES string of the molecule is CCCCc1nc(O)c(S(=O)(=O)C2CCN(C(=O)c3nnc(C)o3)CC2)c(=O)n1-c1c(OC)cccc1OC.CCCCc1nc(O)c(S(=O)(=O)C2CCNCC2)c(=O)n1-c1c(OC)cccc1OC.Cc1nnc(C(=O)O)o1. The van der Waals surface area contributed by atoms with E-state index < -0.39 is 74.7 Å². The molecule has 0 unspecified atom stereocenters. The molecule has 29 heteroatoms. The number of nitrogens with one attached hydrogen (secondary N) is 1. The number of para-hydroxylation sites is 2. The predicted octanol–water partition coefficient (Wildman–Crippen LogP) is 3.97. The number of carbonyl (C=O) groups is 2. The standard InChI is InChI=1S/C25H31N5O8S.C21H29N3O6S.C4H4N2O3/c1-5-6-10-19-26-22(31)21(24(32)30(19)20-17(36-3)8-7-9-18(20)37-4)39(34,35)16-11-13-29(14-12-16)25(33)23-28-27-15(2)38-23;1-4-5-9-17-23-20(25)19(31(27,28)14-10-12-22-13-11-14)21(26)24(17)18-15(29-2)7-6-8-16(18)30-3;1-2-5-6-3(9-2)4(7)8/h7-9,16,31H,5-6,10-14H2,1-4H3;6-8,14,22,25H,4-5,9-13H2,1-3H3;1H3,(H,7,8). The number of unbranched alkanes of at least 4 members (excludes halogenated alkanes) is 2. The normalized spacial score (nSPS) is 14.1. The average Bonchev–Trinajstić information content (AvgIpc) is 4.19. The molecule has 27 nitrogen and oxygen atoms in total. The van der Waals surface area contributed by atoms with E-state index in [2.05, 4.69) is 40.1 Å². The molecule has 2 saturated heterocycles. The predicted molar refractivity (Wildman–Crippen MR) is 281 cm³/mol. The zero-order valence-electron chi connectivity index (χ0n) is 44.9. The fourth-order valence-electron chi connectivity index (χ4n) is 8.85. The number of carbonyl (C=O) groups excluding carboxylic acids is 1. The van der Waals surface area contributed by atoms with Gasteiger partial charge in [0, 0.05) is 39.8 Å². The van der Waals surface area contributed by atoms with Crippen molar-refractivity contribution in [2.24, 2.45) is 0 Å². The molecule has 0 radical (unpaired) electrons. The molecule has 2 fully saturated rings. The number of nitrogens with zero attached hydrogens (tertiary/aromatic N) is 9. The molecule has 2 aliphatic rings. The van der Waals surface area contributed by atoms with E-state index in [1.807, 2.05) is 13.8 Å². The van der Waals surface area contributed by atoms with Crippen molar-refractivity contribution in [3.8, 4) is 46.1 Å². The lowest BCUT2D eigenvalue weighted by atomic mass is 10.1. The van der Waals surface area contributed by atoms with Crippen molar-refractivity contribution in [1.82, 2.24) is 49.7 Å². The van der Waals surface area contributed by atoms with E-state index in [1.165, 1.54) is 44.8 Å². The highest BCUT2D eigenvalue weighted by atomic mass is 32.2. The molecule has 6 heterocycles. The zero-order chi connectivity index (χ0) is 57.8. The molecule has 0 bridgehead atoms. The number of methoxy groups -OCH3 is 4. The van der Waals surface area contributed by atoms with Crippen LogP contribution >= 0.6 is 0 Å². The van der Waals surface area contributed by atoms with Crippen LogP contribution in [0.5, 0.6) is 34.8 Å². The summed E-state index contributed by atoms with van der Waals surface area (Å²) in [6.45, 7) is 8.26. The van der Waals surface area contributed by atoms with Crippen molar-refractivity contribution in [2.45, 2.75) is 112 Å². The molecule has 0 saturated carbocycles. The maximum absolute atomic E-state index is 13.9. The van der Waals surface area contributed by atoms with E-state index in [4.69, 9.17) is 28.5 Å². The topological polar surface area (TPSA) is 363 Å². The molecule has 1 amide bonds. The molecule has 79 heavy (non-hydrogen) atoms. The Morgan fingerprint density at radius 3 is 1.34 bits per heavy atom. The summed E-state index contributed by atoms with van der Waals surface area (Å²) < 4.78 is 88.1. The number of aromatic nitrogens is 8. The second-order valence-electron chi connectivity index (χ2n) is 18.0. The Kier molecular flexibility index (Phi) is 20.3. The minimum Gasteiger partial charge on any atom is -0.494 e. The van der Waals surface area contributed by atoms with Gasteiger partial charge in [-0.1, -0.05) is 38.8 Å². The third-order valence-electron chi connectivity index (χ3n) is 12.8. The monoisotopic (exact) mass is 1140 g/mol. The quantitative estimate of drug-likeness (QED) is 0.0945. The van der Waals surface area contributed by atoms with Crippen molar-refractivity contribution in [2.75, 3.05) is 54.6 Å². The van der Waals surface area contributed by atoms with Gasteiger partial charge in [0.15, 0.2) is 29.5 Å². The Labute approximate surface area is 454 Å². The molecule has 0 aliphatic carbocycles. The summed E-state index contributed by atoms with van der Waals surface area (Å²) in [5.74, 6) is -1.72. The van der Waals surface area contributed by atoms with Crippen LogP contribution in [0.3, 0.4) is 0 Å². The number of rotatable bonds is 18. The maximum Gasteiger partial charge on any atom is 0.393 e. The minimum absolute atomic E-state index is 0.0373. The van der Waals surface area contributed by atoms with E-state index in [0.717, 1.165) is 17.4 Å². The number of hydrogen-bond donors (Lipinski definition) is 4. The van der Waals surface area contributed by atoms with Crippen LogP contribution in [0, 0.1) is 13.8 Å². The molecule has 6 aromatic rings. The number of carboxylic acids is 1. The molecule has 0 atom stereocenters. The molecule has 2 aromatic carbocycles. The van der Waals surface area contributed by atoms with Crippen molar-refractivity contribution < 1.29 is 69.5 Å². The summed E-state index contributed by atoms with van der Waals surface area (Å²) in [4.78, 5) is 58.6. The van der Waals surface area contributed by atoms with Crippen molar-refractivity contribution in [3.63, 3.8) is 0 Å². The number of aryl methyl sites for hydroxylation is 4. The van der Waals surface area contributed by atoms with Crippen molar-refractivity contribution in [3.05, 3.63) is 92.3 Å². The number of aromatic hydroxyl groups is 2. The highest BCUT2D eigenvalue weighted by molar-refractivity contribution is 7.92. The Morgan fingerprint density at radius 1 is 0.633 bits per heavy atom. The van der Waals surface area contributed by atoms with Gasteiger partial charge >= 0.3 is 23.7 Å². The fraction of sp³-hybridized carbons (Fsp3) is 0.480. The van der Waals surface area contributed by atoms with Gasteiger partial charge in [-0.15, -0.1) is 20.4 Å². The second-order valence-corrected chi connectivity index (χ2v) is 22.3. The van der Waals surface area contributed by atoms with Crippen LogP contribution in [-0.2, 0) is 32.5 Å². The zero-order valence-corrected chi connectivity index (χ0v) is 46.5. The van der Waals surface area contributed by atoms with E-state index in [-0.39, 0.29) is 84.0 Å². The Bertz CT molecular complexity index is 3430. The summed E-state index contributed by atoms with van der Waals surface area (Å²) in [5, 5.41) is 44.8. The highest BCUT2D eigenvalue weighted by Crippen LogP contribution is 2.37. The lowest BCUT2D eigenvalue weighted by Crippen LogP contribution is -2.43. The van der Waals surface area contributed by atoms with E-state index in [9.17, 15) is 46.2 Å². The van der Waals surface area contributed by atoms with Crippen molar-refractivity contribution in [1.29, 1.82) is 0 Å². The number of sulfone groups is 2. The van der Waals surface area contributed by atoms with E-state index in [0.29, 0.717) is 63.1 Å². The summed E-state index contributed by atoms with van der Waals surface area (Å²) in [6.07, 6.45) is 4.41. The Hall–Kier alpha value is -7.92. The first kappa shape index (κ1) is 60.3. The highest BCUT2D eigenvalue weighted by Gasteiger charge is 2.40. The van der Waals surface area contributed by atoms with Crippen LogP contribution in [0.25, 0.3) is 11.4 Å². The number of aromatic carboxylic acids is 1. The number of hydrogen-bond acceptors (Lipinski definition) is 23. The van der Waals surface area contributed by atoms with Gasteiger partial charge in [0.25, 0.3) is 11.1 Å². The number of amides is 1. The van der Waals surface area contributed by atoms with Gasteiger partial charge in [-0.3, -0.25) is 23.5 Å². The molecule has 0 spiro atoms. The van der Waals surface area contributed by atoms with Crippen molar-refractivity contribution >= 4 is 31.6 Å². The van der Waals surface area contributed by atoms with Crippen LogP contribution in [0.2, 0.25) is 0 Å². The van der Waals surface area contributed by atoms with Crippen LogP contribution in [0.1, 0.15) is 110 Å². The lowest BCUT2D eigenvalue weighted by Gasteiger charge is -2.30. The lowest BCUT2D eigenvalue weighted by molar-refractivity contribution is 0.0650. The third kappa shape index (κ3) is 13.3. The molecule has 428 valence electrons.